The zero-order valence-corrected chi connectivity index (χ0v) is 18.2. The number of carbonyl (C=O) groups is 1. The first-order valence-electron chi connectivity index (χ1n) is 10.1. The maximum Gasteiger partial charge on any atom is 0.339 e. The molecule has 0 saturated heterocycles. The van der Waals surface area contributed by atoms with Crippen molar-refractivity contribution in [3.63, 3.8) is 0 Å². The fraction of sp³-hybridized carbons (Fsp3) is 0.667. The van der Waals surface area contributed by atoms with Crippen LogP contribution in [0.15, 0.2) is 12.1 Å². The molecular weight excluding hydrogens is 376 g/mol. The quantitative estimate of drug-likeness (QED) is 0.359. The SMILES string of the molecule is CCCCOc1c(C(=O)O)ccc(N(C)C)c1CC.OCCN(CCO)CCO. The van der Waals surface area contributed by atoms with Gasteiger partial charge in [-0.05, 0) is 25.0 Å². The van der Waals surface area contributed by atoms with Crippen molar-refractivity contribution in [3.05, 3.63) is 23.3 Å². The standard InChI is InChI=1S/C15H23NO3.C6H15NO3/c1-5-7-10-19-14-11(6-2)13(16(3)4)9-8-12(14)15(17)18;8-4-1-7(2-5-9)3-6-10/h8-9H,5-7,10H2,1-4H3,(H,17,18);8-10H,1-6H2. The maximum absolute atomic E-state index is 11.3. The molecule has 8 heteroatoms. The Morgan fingerprint density at radius 2 is 1.55 bits per heavy atom. The molecule has 0 radical (unpaired) electrons. The van der Waals surface area contributed by atoms with Crippen LogP contribution in [-0.2, 0) is 6.42 Å². The molecule has 1 aromatic carbocycles. The van der Waals surface area contributed by atoms with Gasteiger partial charge < -0.3 is 30.1 Å². The Hall–Kier alpha value is -1.87. The lowest BCUT2D eigenvalue weighted by Gasteiger charge is -2.21. The molecule has 0 unspecified atom stereocenters. The van der Waals surface area contributed by atoms with E-state index >= 15 is 0 Å². The highest BCUT2D eigenvalue weighted by Gasteiger charge is 2.19. The Morgan fingerprint density at radius 3 is 1.93 bits per heavy atom. The summed E-state index contributed by atoms with van der Waals surface area (Å²) in [7, 11) is 3.90. The number of anilines is 1. The minimum Gasteiger partial charge on any atom is -0.492 e. The molecule has 168 valence electrons. The number of benzene rings is 1. The summed E-state index contributed by atoms with van der Waals surface area (Å²) in [5, 5.41) is 34.7. The average molecular weight is 415 g/mol. The van der Waals surface area contributed by atoms with E-state index in [1.54, 1.807) is 11.0 Å². The van der Waals surface area contributed by atoms with E-state index in [0.29, 0.717) is 32.0 Å². The maximum atomic E-state index is 11.3. The van der Waals surface area contributed by atoms with Gasteiger partial charge in [-0.1, -0.05) is 20.3 Å². The Labute approximate surface area is 174 Å². The molecule has 0 atom stereocenters. The fourth-order valence-electron chi connectivity index (χ4n) is 2.79. The molecule has 0 aromatic heterocycles. The van der Waals surface area contributed by atoms with Crippen molar-refractivity contribution in [2.24, 2.45) is 0 Å². The molecule has 0 aliphatic carbocycles. The molecule has 0 saturated carbocycles. The minimum atomic E-state index is -0.938. The average Bonchev–Trinajstić information content (AvgIpc) is 2.68. The first-order chi connectivity index (χ1) is 13.9. The molecule has 1 rings (SSSR count). The molecule has 1 aromatic rings. The van der Waals surface area contributed by atoms with Crippen LogP contribution in [0.1, 0.15) is 42.6 Å². The third kappa shape index (κ3) is 9.94. The molecule has 0 heterocycles. The van der Waals surface area contributed by atoms with Crippen molar-refractivity contribution >= 4 is 11.7 Å². The number of aliphatic hydroxyl groups is 3. The van der Waals surface area contributed by atoms with Gasteiger partial charge in [-0.25, -0.2) is 4.79 Å². The second-order valence-corrected chi connectivity index (χ2v) is 6.71. The van der Waals surface area contributed by atoms with Crippen LogP contribution in [0.5, 0.6) is 5.75 Å². The van der Waals surface area contributed by atoms with Crippen molar-refractivity contribution < 1.29 is 30.0 Å². The molecule has 29 heavy (non-hydrogen) atoms. The van der Waals surface area contributed by atoms with E-state index in [1.165, 1.54) is 0 Å². The van der Waals surface area contributed by atoms with Crippen molar-refractivity contribution in [3.8, 4) is 5.75 Å². The van der Waals surface area contributed by atoms with Crippen LogP contribution in [-0.4, -0.2) is 91.5 Å². The van der Waals surface area contributed by atoms with Crippen LogP contribution >= 0.6 is 0 Å². The number of carboxylic acid groups (broad SMARTS) is 1. The summed E-state index contributed by atoms with van der Waals surface area (Å²) >= 11 is 0. The van der Waals surface area contributed by atoms with Gasteiger partial charge in [0.05, 0.1) is 26.4 Å². The normalized spacial score (nSPS) is 10.5. The summed E-state index contributed by atoms with van der Waals surface area (Å²) in [6, 6.07) is 3.47. The van der Waals surface area contributed by atoms with E-state index in [4.69, 9.17) is 20.1 Å². The Balaban J connectivity index is 0.000000665. The number of aromatic carboxylic acids is 1. The minimum absolute atomic E-state index is 0.0694. The van der Waals surface area contributed by atoms with E-state index < -0.39 is 5.97 Å². The van der Waals surface area contributed by atoms with Gasteiger partial charge in [0.2, 0.25) is 0 Å². The molecular formula is C21H38N2O6. The van der Waals surface area contributed by atoms with Gasteiger partial charge in [0.15, 0.2) is 0 Å². The summed E-state index contributed by atoms with van der Waals surface area (Å²) in [6.07, 6.45) is 2.70. The van der Waals surface area contributed by atoms with Crippen LogP contribution in [0.25, 0.3) is 0 Å². The van der Waals surface area contributed by atoms with Crippen molar-refractivity contribution in [1.29, 1.82) is 0 Å². The monoisotopic (exact) mass is 414 g/mol. The Bertz CT molecular complexity index is 566. The number of rotatable bonds is 13. The van der Waals surface area contributed by atoms with Crippen LogP contribution in [0.3, 0.4) is 0 Å². The molecule has 0 aliphatic rings. The number of aliphatic hydroxyl groups excluding tert-OH is 3. The lowest BCUT2D eigenvalue weighted by Crippen LogP contribution is -2.32. The lowest BCUT2D eigenvalue weighted by molar-refractivity contribution is 0.0692. The van der Waals surface area contributed by atoms with E-state index in [0.717, 1.165) is 30.5 Å². The molecule has 0 aliphatic heterocycles. The predicted octanol–water partition coefficient (Wildman–Crippen LogP) is 1.46. The van der Waals surface area contributed by atoms with Gasteiger partial charge in [-0.3, -0.25) is 4.90 Å². The highest BCUT2D eigenvalue weighted by atomic mass is 16.5. The van der Waals surface area contributed by atoms with E-state index in [-0.39, 0.29) is 25.4 Å². The summed E-state index contributed by atoms with van der Waals surface area (Å²) < 4.78 is 5.74. The zero-order chi connectivity index (χ0) is 22.2. The van der Waals surface area contributed by atoms with Crippen molar-refractivity contribution in [2.75, 3.05) is 65.1 Å². The molecule has 8 nitrogen and oxygen atoms in total. The number of carboxylic acids is 1. The lowest BCUT2D eigenvalue weighted by atomic mass is 10.0. The molecule has 0 amide bonds. The highest BCUT2D eigenvalue weighted by Crippen LogP contribution is 2.33. The summed E-state index contributed by atoms with van der Waals surface area (Å²) in [4.78, 5) is 15.1. The van der Waals surface area contributed by atoms with E-state index in [1.807, 2.05) is 32.0 Å². The molecule has 0 fully saturated rings. The Kier molecular flexibility index (Phi) is 15.0. The fourth-order valence-corrected chi connectivity index (χ4v) is 2.79. The van der Waals surface area contributed by atoms with Gasteiger partial charge in [0, 0.05) is 45.0 Å². The zero-order valence-electron chi connectivity index (χ0n) is 18.2. The van der Waals surface area contributed by atoms with Crippen LogP contribution in [0.4, 0.5) is 5.69 Å². The van der Waals surface area contributed by atoms with Crippen LogP contribution in [0.2, 0.25) is 0 Å². The summed E-state index contributed by atoms with van der Waals surface area (Å²) in [6.45, 7) is 6.41. The number of nitrogens with zero attached hydrogens (tertiary/aromatic N) is 2. The number of unbranched alkanes of at least 4 members (excludes halogenated alkanes) is 1. The molecule has 4 N–H and O–H groups in total. The smallest absolute Gasteiger partial charge is 0.339 e. The summed E-state index contributed by atoms with van der Waals surface area (Å²) in [5.41, 5.74) is 2.22. The molecule has 0 bridgehead atoms. The highest BCUT2D eigenvalue weighted by molar-refractivity contribution is 5.92. The third-order valence-electron chi connectivity index (χ3n) is 4.29. The van der Waals surface area contributed by atoms with Gasteiger partial charge in [-0.2, -0.15) is 0 Å². The second-order valence-electron chi connectivity index (χ2n) is 6.71. The summed E-state index contributed by atoms with van der Waals surface area (Å²) in [5.74, 6) is -0.416. The Morgan fingerprint density at radius 1 is 1.00 bits per heavy atom. The van der Waals surface area contributed by atoms with Gasteiger partial charge in [0.1, 0.15) is 11.3 Å². The van der Waals surface area contributed by atoms with Crippen LogP contribution < -0.4 is 9.64 Å². The van der Waals surface area contributed by atoms with E-state index in [9.17, 15) is 9.90 Å². The van der Waals surface area contributed by atoms with Crippen molar-refractivity contribution in [1.82, 2.24) is 4.90 Å². The van der Waals surface area contributed by atoms with Gasteiger partial charge >= 0.3 is 5.97 Å². The van der Waals surface area contributed by atoms with E-state index in [2.05, 4.69) is 6.92 Å². The van der Waals surface area contributed by atoms with Crippen molar-refractivity contribution in [2.45, 2.75) is 33.1 Å². The first-order valence-corrected chi connectivity index (χ1v) is 10.1. The number of hydrogen-bond donors (Lipinski definition) is 4. The number of ether oxygens (including phenoxy) is 1. The predicted molar refractivity (Wildman–Crippen MR) is 115 cm³/mol. The topological polar surface area (TPSA) is 114 Å². The second kappa shape index (κ2) is 16.0. The number of hydrogen-bond acceptors (Lipinski definition) is 7. The van der Waals surface area contributed by atoms with Gasteiger partial charge in [0.25, 0.3) is 0 Å². The largest absolute Gasteiger partial charge is 0.492 e. The van der Waals surface area contributed by atoms with Gasteiger partial charge in [-0.15, -0.1) is 0 Å². The first kappa shape index (κ1) is 27.1. The molecule has 0 spiro atoms. The van der Waals surface area contributed by atoms with Crippen LogP contribution in [0, 0.1) is 0 Å². The third-order valence-corrected chi connectivity index (χ3v) is 4.29.